The molecule has 4 aromatic heterocycles. The molecule has 5 rings (SSSR count). The zero-order valence-electron chi connectivity index (χ0n) is 16.1. The Morgan fingerprint density at radius 1 is 1.17 bits per heavy atom. The molecule has 29 heavy (non-hydrogen) atoms. The first-order chi connectivity index (χ1) is 14.1. The number of fused-ring (bicyclic) bond motifs is 1. The van der Waals surface area contributed by atoms with E-state index in [0.717, 1.165) is 35.0 Å². The molecule has 5 heterocycles. The van der Waals surface area contributed by atoms with Crippen LogP contribution in [0.2, 0.25) is 5.02 Å². The average Bonchev–Trinajstić information content (AvgIpc) is 3.33. The van der Waals surface area contributed by atoms with Crippen LogP contribution in [-0.2, 0) is 4.74 Å². The van der Waals surface area contributed by atoms with Crippen molar-refractivity contribution in [3.8, 4) is 11.5 Å². The molecule has 4 aromatic rings. The number of ether oxygens (including phenoxy) is 1. The molecule has 0 aromatic carbocycles. The molecule has 2 atom stereocenters. The zero-order chi connectivity index (χ0) is 20.0. The fourth-order valence-corrected chi connectivity index (χ4v) is 3.92. The maximum atomic E-state index is 6.16. The maximum Gasteiger partial charge on any atom is 0.180 e. The van der Waals surface area contributed by atoms with Crippen LogP contribution in [-0.4, -0.2) is 48.7 Å². The third-order valence-electron chi connectivity index (χ3n) is 5.14. The van der Waals surface area contributed by atoms with Gasteiger partial charge in [0, 0.05) is 30.2 Å². The van der Waals surface area contributed by atoms with Gasteiger partial charge in [-0.05, 0) is 32.0 Å². The molecule has 0 radical (unpaired) electrons. The molecule has 1 fully saturated rings. The van der Waals surface area contributed by atoms with Gasteiger partial charge >= 0.3 is 0 Å². The second kappa shape index (κ2) is 7.13. The number of aromatic nitrogens is 6. The molecule has 9 heteroatoms. The van der Waals surface area contributed by atoms with Gasteiger partial charge in [0.15, 0.2) is 5.82 Å². The van der Waals surface area contributed by atoms with Gasteiger partial charge in [-0.25, -0.2) is 15.0 Å². The van der Waals surface area contributed by atoms with E-state index in [2.05, 4.69) is 32.0 Å². The van der Waals surface area contributed by atoms with E-state index in [1.807, 2.05) is 41.9 Å². The van der Waals surface area contributed by atoms with Crippen molar-refractivity contribution in [2.75, 3.05) is 18.0 Å². The zero-order valence-corrected chi connectivity index (χ0v) is 16.8. The van der Waals surface area contributed by atoms with Crippen LogP contribution in [0.1, 0.15) is 24.3 Å². The van der Waals surface area contributed by atoms with Gasteiger partial charge in [0.1, 0.15) is 23.3 Å². The van der Waals surface area contributed by atoms with E-state index >= 15 is 0 Å². The Hall–Kier alpha value is -2.97. The lowest BCUT2D eigenvalue weighted by Gasteiger charge is -2.37. The predicted molar refractivity (Wildman–Crippen MR) is 110 cm³/mol. The molecule has 0 bridgehead atoms. The number of hydrogen-bond acceptors (Lipinski definition) is 6. The van der Waals surface area contributed by atoms with Crippen molar-refractivity contribution >= 4 is 23.1 Å². The van der Waals surface area contributed by atoms with E-state index in [1.165, 1.54) is 0 Å². The minimum Gasteiger partial charge on any atom is -0.367 e. The maximum absolute atomic E-state index is 6.16. The molecule has 0 saturated carbocycles. The Labute approximate surface area is 172 Å². The summed E-state index contributed by atoms with van der Waals surface area (Å²) >= 11 is 6.16. The van der Waals surface area contributed by atoms with Crippen LogP contribution in [0.5, 0.6) is 0 Å². The van der Waals surface area contributed by atoms with Crippen molar-refractivity contribution in [2.24, 2.45) is 0 Å². The molecule has 1 aliphatic rings. The van der Waals surface area contributed by atoms with E-state index < -0.39 is 0 Å². The number of aromatic amines is 1. The molecular weight excluding hydrogens is 390 g/mol. The van der Waals surface area contributed by atoms with Crippen molar-refractivity contribution in [3.05, 3.63) is 59.3 Å². The summed E-state index contributed by atoms with van der Waals surface area (Å²) in [7, 11) is 0. The lowest BCUT2D eigenvalue weighted by Crippen LogP contribution is -2.43. The first-order valence-electron chi connectivity index (χ1n) is 9.45. The van der Waals surface area contributed by atoms with Crippen LogP contribution in [0, 0.1) is 6.92 Å². The fraction of sp³-hybridized carbons (Fsp3) is 0.300. The Morgan fingerprint density at radius 3 is 2.90 bits per heavy atom. The topological polar surface area (TPSA) is 84.2 Å². The van der Waals surface area contributed by atoms with Gasteiger partial charge in [-0.1, -0.05) is 11.6 Å². The second-order valence-corrected chi connectivity index (χ2v) is 7.68. The number of morpholine rings is 1. The normalized spacial score (nSPS) is 19.8. The second-order valence-electron chi connectivity index (χ2n) is 7.25. The van der Waals surface area contributed by atoms with Crippen molar-refractivity contribution in [2.45, 2.75) is 26.1 Å². The van der Waals surface area contributed by atoms with Gasteiger partial charge in [-0.15, -0.1) is 0 Å². The molecular formula is C20H20ClN7O. The van der Waals surface area contributed by atoms with Crippen molar-refractivity contribution in [1.29, 1.82) is 0 Å². The smallest absolute Gasteiger partial charge is 0.180 e. The molecule has 0 aliphatic carbocycles. The highest BCUT2D eigenvalue weighted by Crippen LogP contribution is 2.29. The standard InChI is InChI=1S/C20H20ClN7O/c1-12-9-27(11-17(29-12)15-7-24-26-13(15)2)19-5-6-22-20(25-19)16-8-23-18-4-3-14(21)10-28(16)18/h3-8,10,12,17H,9,11H2,1-2H3,(H,24,26)/t12-,17-/m1/s1. The highest BCUT2D eigenvalue weighted by molar-refractivity contribution is 6.30. The summed E-state index contributed by atoms with van der Waals surface area (Å²) in [6, 6.07) is 5.62. The van der Waals surface area contributed by atoms with Gasteiger partial charge in [0.25, 0.3) is 0 Å². The third kappa shape index (κ3) is 3.34. The van der Waals surface area contributed by atoms with Crippen LogP contribution in [0.4, 0.5) is 5.82 Å². The third-order valence-corrected chi connectivity index (χ3v) is 5.36. The molecule has 148 valence electrons. The number of imidazole rings is 1. The average molecular weight is 410 g/mol. The summed E-state index contributed by atoms with van der Waals surface area (Å²) in [4.78, 5) is 15.9. The highest BCUT2D eigenvalue weighted by Gasteiger charge is 2.29. The molecule has 1 saturated heterocycles. The molecule has 0 amide bonds. The number of pyridine rings is 1. The molecule has 0 spiro atoms. The fourth-order valence-electron chi connectivity index (χ4n) is 3.76. The summed E-state index contributed by atoms with van der Waals surface area (Å²) < 4.78 is 8.07. The van der Waals surface area contributed by atoms with E-state index in [4.69, 9.17) is 21.3 Å². The number of nitrogens with one attached hydrogen (secondary N) is 1. The number of aryl methyl sites for hydroxylation is 1. The van der Waals surface area contributed by atoms with Crippen LogP contribution in [0.3, 0.4) is 0 Å². The Morgan fingerprint density at radius 2 is 2.07 bits per heavy atom. The molecule has 1 aliphatic heterocycles. The van der Waals surface area contributed by atoms with Crippen molar-refractivity contribution in [3.63, 3.8) is 0 Å². The van der Waals surface area contributed by atoms with Crippen LogP contribution >= 0.6 is 11.6 Å². The van der Waals surface area contributed by atoms with Gasteiger partial charge in [0.2, 0.25) is 0 Å². The van der Waals surface area contributed by atoms with Crippen LogP contribution < -0.4 is 4.90 Å². The highest BCUT2D eigenvalue weighted by atomic mass is 35.5. The summed E-state index contributed by atoms with van der Waals surface area (Å²) in [6.45, 7) is 5.53. The number of nitrogens with zero attached hydrogens (tertiary/aromatic N) is 6. The Balaban J connectivity index is 1.49. The van der Waals surface area contributed by atoms with Crippen LogP contribution in [0.25, 0.3) is 17.2 Å². The molecule has 0 unspecified atom stereocenters. The summed E-state index contributed by atoms with van der Waals surface area (Å²) in [5.74, 6) is 1.46. The first-order valence-corrected chi connectivity index (χ1v) is 9.82. The Bertz CT molecular complexity index is 1170. The summed E-state index contributed by atoms with van der Waals surface area (Å²) in [5, 5.41) is 7.76. The van der Waals surface area contributed by atoms with Gasteiger partial charge in [-0.2, -0.15) is 5.10 Å². The minimum absolute atomic E-state index is 0.0643. The summed E-state index contributed by atoms with van der Waals surface area (Å²) in [5.41, 5.74) is 3.70. The van der Waals surface area contributed by atoms with Crippen molar-refractivity contribution in [1.82, 2.24) is 29.5 Å². The van der Waals surface area contributed by atoms with Gasteiger partial charge in [-0.3, -0.25) is 9.50 Å². The SMILES string of the molecule is Cc1[nH]ncc1[C@H]1CN(c2ccnc(-c3cnc4ccc(Cl)cn34)n2)C[C@@H](C)O1. The van der Waals surface area contributed by atoms with Crippen molar-refractivity contribution < 1.29 is 4.74 Å². The molecule has 1 N–H and O–H groups in total. The Kier molecular flexibility index (Phi) is 4.44. The number of H-pyrrole nitrogens is 1. The number of halogens is 1. The van der Waals surface area contributed by atoms with E-state index in [1.54, 1.807) is 12.4 Å². The predicted octanol–water partition coefficient (Wildman–Crippen LogP) is 3.44. The summed E-state index contributed by atoms with van der Waals surface area (Å²) in [6.07, 6.45) is 7.21. The van der Waals surface area contributed by atoms with Crippen LogP contribution in [0.15, 0.2) is 43.0 Å². The van der Waals surface area contributed by atoms with E-state index in [0.29, 0.717) is 17.4 Å². The largest absolute Gasteiger partial charge is 0.367 e. The minimum atomic E-state index is -0.0643. The molecule has 8 nitrogen and oxygen atoms in total. The van der Waals surface area contributed by atoms with E-state index in [9.17, 15) is 0 Å². The van der Waals surface area contributed by atoms with Gasteiger partial charge < -0.3 is 9.64 Å². The van der Waals surface area contributed by atoms with E-state index in [-0.39, 0.29) is 12.2 Å². The van der Waals surface area contributed by atoms with Gasteiger partial charge in [0.05, 0.1) is 30.1 Å². The first kappa shape index (κ1) is 18.1. The number of anilines is 1. The number of hydrogen-bond donors (Lipinski definition) is 1. The number of rotatable bonds is 3. The quantitative estimate of drug-likeness (QED) is 0.558. The lowest BCUT2D eigenvalue weighted by molar-refractivity contribution is -0.0178. The monoisotopic (exact) mass is 409 g/mol. The lowest BCUT2D eigenvalue weighted by atomic mass is 10.1.